The second-order valence-corrected chi connectivity index (χ2v) is 3.93. The van der Waals surface area contributed by atoms with Gasteiger partial charge in [-0.2, -0.15) is 0 Å². The van der Waals surface area contributed by atoms with Crippen LogP contribution in [0.4, 0.5) is 0 Å². The monoisotopic (exact) mass is 204 g/mol. The third-order valence-electron chi connectivity index (χ3n) is 2.69. The Morgan fingerprint density at radius 2 is 1.73 bits per heavy atom. The number of carbonyl (C=O) groups excluding carboxylic acids is 1. The summed E-state index contributed by atoms with van der Waals surface area (Å²) >= 11 is 0. The Kier molecular flexibility index (Phi) is 5.09. The summed E-state index contributed by atoms with van der Waals surface area (Å²) in [5.41, 5.74) is 2.16. The quantitative estimate of drug-likeness (QED) is 0.505. The van der Waals surface area contributed by atoms with Crippen LogP contribution in [-0.2, 0) is 6.42 Å². The normalized spacial score (nSPS) is 10.3. The first-order chi connectivity index (χ1) is 7.27. The van der Waals surface area contributed by atoms with E-state index >= 15 is 0 Å². The summed E-state index contributed by atoms with van der Waals surface area (Å²) in [6.45, 7) is 4.28. The Balaban J connectivity index is 2.50. The summed E-state index contributed by atoms with van der Waals surface area (Å²) in [6, 6.07) is 8.00. The number of benzene rings is 1. The van der Waals surface area contributed by atoms with E-state index in [-0.39, 0.29) is 5.78 Å². The fourth-order valence-electron chi connectivity index (χ4n) is 1.61. The number of rotatable bonds is 6. The molecule has 0 saturated heterocycles. The van der Waals surface area contributed by atoms with E-state index in [0.717, 1.165) is 24.8 Å². The molecule has 1 rings (SSSR count). The lowest BCUT2D eigenvalue weighted by Gasteiger charge is -2.01. The molecule has 1 aromatic carbocycles. The summed E-state index contributed by atoms with van der Waals surface area (Å²) < 4.78 is 0. The van der Waals surface area contributed by atoms with Crippen LogP contribution >= 0.6 is 0 Å². The Hall–Kier alpha value is -1.11. The summed E-state index contributed by atoms with van der Waals surface area (Å²) in [5.74, 6) is 0.283. The van der Waals surface area contributed by atoms with E-state index in [9.17, 15) is 4.79 Å². The predicted molar refractivity (Wildman–Crippen MR) is 64.3 cm³/mol. The van der Waals surface area contributed by atoms with Gasteiger partial charge in [-0.05, 0) is 18.4 Å². The lowest BCUT2D eigenvalue weighted by Crippen LogP contribution is -1.98. The van der Waals surface area contributed by atoms with Crippen molar-refractivity contribution >= 4 is 5.78 Å². The SMILES string of the molecule is CCCCCC(=O)c1ccc(CC)cc1. The van der Waals surface area contributed by atoms with Crippen molar-refractivity contribution in [2.45, 2.75) is 46.0 Å². The van der Waals surface area contributed by atoms with Crippen LogP contribution in [0, 0.1) is 0 Å². The number of Topliss-reactive ketones (excluding diaryl/α,β-unsaturated/α-hetero) is 1. The van der Waals surface area contributed by atoms with Gasteiger partial charge in [-0.1, -0.05) is 51.0 Å². The fraction of sp³-hybridized carbons (Fsp3) is 0.500. The largest absolute Gasteiger partial charge is 0.294 e. The van der Waals surface area contributed by atoms with Crippen LogP contribution in [0.1, 0.15) is 55.5 Å². The first-order valence-electron chi connectivity index (χ1n) is 5.90. The lowest BCUT2D eigenvalue weighted by molar-refractivity contribution is 0.0979. The summed E-state index contributed by atoms with van der Waals surface area (Å²) in [7, 11) is 0. The standard InChI is InChI=1S/C14H20O/c1-3-5-6-7-14(15)13-10-8-12(4-2)9-11-13/h8-11H,3-7H2,1-2H3. The molecule has 1 aromatic rings. The molecule has 0 heterocycles. The van der Waals surface area contributed by atoms with Gasteiger partial charge >= 0.3 is 0 Å². The maximum Gasteiger partial charge on any atom is 0.162 e. The number of hydrogen-bond acceptors (Lipinski definition) is 1. The van der Waals surface area contributed by atoms with Gasteiger partial charge in [0.15, 0.2) is 5.78 Å². The lowest BCUT2D eigenvalue weighted by atomic mass is 10.0. The van der Waals surface area contributed by atoms with E-state index < -0.39 is 0 Å². The summed E-state index contributed by atoms with van der Waals surface area (Å²) in [6.07, 6.45) is 5.06. The molecule has 1 nitrogen and oxygen atoms in total. The number of ketones is 1. The van der Waals surface area contributed by atoms with Crippen molar-refractivity contribution in [1.29, 1.82) is 0 Å². The zero-order valence-electron chi connectivity index (χ0n) is 9.75. The Morgan fingerprint density at radius 3 is 2.27 bits per heavy atom. The van der Waals surface area contributed by atoms with Crippen molar-refractivity contribution in [3.05, 3.63) is 35.4 Å². The molecule has 1 heteroatoms. The smallest absolute Gasteiger partial charge is 0.162 e. The first kappa shape index (κ1) is 12.0. The Morgan fingerprint density at radius 1 is 1.07 bits per heavy atom. The summed E-state index contributed by atoms with van der Waals surface area (Å²) in [4.78, 5) is 11.7. The molecule has 0 saturated carbocycles. The molecule has 0 fully saturated rings. The molecular weight excluding hydrogens is 184 g/mol. The second kappa shape index (κ2) is 6.39. The number of hydrogen-bond donors (Lipinski definition) is 0. The predicted octanol–water partition coefficient (Wildman–Crippen LogP) is 4.01. The van der Waals surface area contributed by atoms with E-state index in [1.54, 1.807) is 0 Å². The van der Waals surface area contributed by atoms with Crippen LogP contribution in [0.25, 0.3) is 0 Å². The molecule has 0 radical (unpaired) electrons. The number of aryl methyl sites for hydroxylation is 1. The summed E-state index contributed by atoms with van der Waals surface area (Å²) in [5, 5.41) is 0. The third-order valence-corrected chi connectivity index (χ3v) is 2.69. The van der Waals surface area contributed by atoms with Gasteiger partial charge in [0.25, 0.3) is 0 Å². The molecule has 15 heavy (non-hydrogen) atoms. The molecular formula is C14H20O. The van der Waals surface area contributed by atoms with E-state index in [4.69, 9.17) is 0 Å². The molecule has 0 aliphatic heterocycles. The average Bonchev–Trinajstić information content (AvgIpc) is 2.29. The molecule has 0 atom stereocenters. The van der Waals surface area contributed by atoms with Crippen LogP contribution in [0.3, 0.4) is 0 Å². The van der Waals surface area contributed by atoms with Gasteiger partial charge < -0.3 is 0 Å². The average molecular weight is 204 g/mol. The highest BCUT2D eigenvalue weighted by Gasteiger charge is 2.04. The maximum atomic E-state index is 11.7. The molecule has 0 aromatic heterocycles. The van der Waals surface area contributed by atoms with Crippen LogP contribution in [0.2, 0.25) is 0 Å². The van der Waals surface area contributed by atoms with Gasteiger partial charge in [0.2, 0.25) is 0 Å². The molecule has 0 N–H and O–H groups in total. The Labute approximate surface area is 92.5 Å². The topological polar surface area (TPSA) is 17.1 Å². The first-order valence-corrected chi connectivity index (χ1v) is 5.90. The number of carbonyl (C=O) groups is 1. The zero-order valence-corrected chi connectivity index (χ0v) is 9.75. The van der Waals surface area contributed by atoms with Gasteiger partial charge in [-0.15, -0.1) is 0 Å². The van der Waals surface area contributed by atoms with Crippen molar-refractivity contribution in [3.63, 3.8) is 0 Å². The molecule has 0 amide bonds. The van der Waals surface area contributed by atoms with E-state index in [2.05, 4.69) is 13.8 Å². The zero-order chi connectivity index (χ0) is 11.1. The highest BCUT2D eigenvalue weighted by atomic mass is 16.1. The number of unbranched alkanes of at least 4 members (excludes halogenated alkanes) is 2. The highest BCUT2D eigenvalue weighted by molar-refractivity contribution is 5.96. The second-order valence-electron chi connectivity index (χ2n) is 3.93. The fourth-order valence-corrected chi connectivity index (χ4v) is 1.61. The minimum atomic E-state index is 0.283. The molecule has 0 spiro atoms. The molecule has 0 aliphatic rings. The van der Waals surface area contributed by atoms with Crippen LogP contribution in [-0.4, -0.2) is 5.78 Å². The molecule has 0 aliphatic carbocycles. The van der Waals surface area contributed by atoms with Crippen molar-refractivity contribution in [3.8, 4) is 0 Å². The van der Waals surface area contributed by atoms with E-state index in [0.29, 0.717) is 6.42 Å². The van der Waals surface area contributed by atoms with Crippen molar-refractivity contribution in [2.75, 3.05) is 0 Å². The van der Waals surface area contributed by atoms with Gasteiger partial charge in [0, 0.05) is 12.0 Å². The van der Waals surface area contributed by atoms with Crippen molar-refractivity contribution < 1.29 is 4.79 Å². The highest BCUT2D eigenvalue weighted by Crippen LogP contribution is 2.10. The van der Waals surface area contributed by atoms with Crippen molar-refractivity contribution in [2.24, 2.45) is 0 Å². The van der Waals surface area contributed by atoms with E-state index in [1.165, 1.54) is 12.0 Å². The van der Waals surface area contributed by atoms with Gasteiger partial charge in [-0.3, -0.25) is 4.79 Å². The third kappa shape index (κ3) is 3.86. The van der Waals surface area contributed by atoms with Crippen molar-refractivity contribution in [1.82, 2.24) is 0 Å². The maximum absolute atomic E-state index is 11.7. The van der Waals surface area contributed by atoms with E-state index in [1.807, 2.05) is 24.3 Å². The molecule has 0 unspecified atom stereocenters. The Bertz CT molecular complexity index is 298. The van der Waals surface area contributed by atoms with Gasteiger partial charge in [0.05, 0.1) is 0 Å². The molecule has 0 bridgehead atoms. The van der Waals surface area contributed by atoms with Gasteiger partial charge in [0.1, 0.15) is 0 Å². The molecule has 82 valence electrons. The van der Waals surface area contributed by atoms with Crippen LogP contribution < -0.4 is 0 Å². The minimum absolute atomic E-state index is 0.283. The van der Waals surface area contributed by atoms with Crippen LogP contribution in [0.15, 0.2) is 24.3 Å². The minimum Gasteiger partial charge on any atom is -0.294 e. The van der Waals surface area contributed by atoms with Crippen LogP contribution in [0.5, 0.6) is 0 Å². The van der Waals surface area contributed by atoms with Gasteiger partial charge in [-0.25, -0.2) is 0 Å².